The first-order valence-corrected chi connectivity index (χ1v) is 6.10. The molecule has 1 aromatic heterocycles. The highest BCUT2D eigenvalue weighted by molar-refractivity contribution is 5.70. The minimum Gasteiger partial charge on any atom is -0.481 e. The average molecular weight is 237 g/mol. The summed E-state index contributed by atoms with van der Waals surface area (Å²) in [5.41, 5.74) is 1.16. The quantitative estimate of drug-likeness (QED) is 0.877. The summed E-state index contributed by atoms with van der Waals surface area (Å²) in [6.45, 7) is 5.08. The number of carboxylic acid groups (broad SMARTS) is 1. The number of piperidine rings is 1. The van der Waals surface area contributed by atoms with Gasteiger partial charge in [0.1, 0.15) is 0 Å². The van der Waals surface area contributed by atoms with Crippen molar-refractivity contribution in [1.82, 2.24) is 4.90 Å². The van der Waals surface area contributed by atoms with E-state index in [1.807, 2.05) is 6.07 Å². The van der Waals surface area contributed by atoms with E-state index >= 15 is 0 Å². The van der Waals surface area contributed by atoms with Crippen LogP contribution in [0.5, 0.6) is 0 Å². The normalized spacial score (nSPS) is 27.9. The van der Waals surface area contributed by atoms with Gasteiger partial charge < -0.3 is 9.52 Å². The van der Waals surface area contributed by atoms with Crippen LogP contribution in [0.3, 0.4) is 0 Å². The van der Waals surface area contributed by atoms with Gasteiger partial charge in [-0.05, 0) is 39.3 Å². The highest BCUT2D eigenvalue weighted by Gasteiger charge is 2.32. The van der Waals surface area contributed by atoms with Crippen molar-refractivity contribution >= 4 is 5.97 Å². The van der Waals surface area contributed by atoms with Gasteiger partial charge in [0.05, 0.1) is 18.4 Å². The summed E-state index contributed by atoms with van der Waals surface area (Å²) >= 11 is 0. The Morgan fingerprint density at radius 3 is 2.94 bits per heavy atom. The molecule has 1 fully saturated rings. The number of likely N-dealkylation sites (tertiary alicyclic amines) is 1. The standard InChI is InChI=1S/C13H19NO3/c1-9-7-11(13(15)16)3-5-14(9)10(2)12-4-6-17-8-12/h4,6,8-11H,3,5,7H2,1-2H3,(H,15,16). The van der Waals surface area contributed by atoms with Gasteiger partial charge in [0.15, 0.2) is 0 Å². The van der Waals surface area contributed by atoms with Crippen LogP contribution in [-0.2, 0) is 4.79 Å². The first-order valence-electron chi connectivity index (χ1n) is 6.10. The molecule has 17 heavy (non-hydrogen) atoms. The molecule has 1 aliphatic rings. The second-order valence-corrected chi connectivity index (χ2v) is 4.88. The summed E-state index contributed by atoms with van der Waals surface area (Å²) in [7, 11) is 0. The smallest absolute Gasteiger partial charge is 0.306 e. The van der Waals surface area contributed by atoms with Crippen molar-refractivity contribution in [3.8, 4) is 0 Å². The molecule has 1 saturated heterocycles. The average Bonchev–Trinajstić information content (AvgIpc) is 2.81. The molecule has 0 saturated carbocycles. The molecular formula is C13H19NO3. The Balaban J connectivity index is 2.02. The number of furan rings is 1. The van der Waals surface area contributed by atoms with E-state index in [-0.39, 0.29) is 5.92 Å². The molecule has 0 spiro atoms. The van der Waals surface area contributed by atoms with Crippen molar-refractivity contribution in [3.05, 3.63) is 24.2 Å². The van der Waals surface area contributed by atoms with Crippen LogP contribution in [0.15, 0.2) is 23.0 Å². The number of nitrogens with zero attached hydrogens (tertiary/aromatic N) is 1. The molecule has 4 nitrogen and oxygen atoms in total. The highest BCUT2D eigenvalue weighted by Crippen LogP contribution is 2.30. The maximum atomic E-state index is 11.0. The number of rotatable bonds is 3. The molecule has 0 amide bonds. The minimum absolute atomic E-state index is 0.183. The van der Waals surface area contributed by atoms with Gasteiger partial charge in [0, 0.05) is 17.6 Å². The molecule has 3 unspecified atom stereocenters. The second-order valence-electron chi connectivity index (χ2n) is 4.88. The van der Waals surface area contributed by atoms with Crippen LogP contribution < -0.4 is 0 Å². The van der Waals surface area contributed by atoms with Crippen molar-refractivity contribution in [1.29, 1.82) is 0 Å². The van der Waals surface area contributed by atoms with E-state index in [4.69, 9.17) is 9.52 Å². The molecule has 2 rings (SSSR count). The summed E-state index contributed by atoms with van der Waals surface area (Å²) in [6, 6.07) is 2.56. The lowest BCUT2D eigenvalue weighted by atomic mass is 9.90. The summed E-state index contributed by atoms with van der Waals surface area (Å²) in [5, 5.41) is 9.03. The first kappa shape index (κ1) is 12.2. The lowest BCUT2D eigenvalue weighted by Crippen LogP contribution is -2.43. The molecule has 4 heteroatoms. The van der Waals surface area contributed by atoms with Crippen molar-refractivity contribution < 1.29 is 14.3 Å². The van der Waals surface area contributed by atoms with Gasteiger partial charge in [0.25, 0.3) is 0 Å². The molecule has 3 atom stereocenters. The van der Waals surface area contributed by atoms with Crippen LogP contribution >= 0.6 is 0 Å². The van der Waals surface area contributed by atoms with E-state index in [0.717, 1.165) is 24.9 Å². The summed E-state index contributed by atoms with van der Waals surface area (Å²) in [5.74, 6) is -0.842. The maximum absolute atomic E-state index is 11.0. The number of carbonyl (C=O) groups is 1. The van der Waals surface area contributed by atoms with Crippen molar-refractivity contribution in [2.75, 3.05) is 6.54 Å². The van der Waals surface area contributed by atoms with Crippen LogP contribution in [0.1, 0.15) is 38.3 Å². The molecule has 1 aliphatic heterocycles. The van der Waals surface area contributed by atoms with E-state index in [1.54, 1.807) is 12.5 Å². The van der Waals surface area contributed by atoms with Gasteiger partial charge in [-0.25, -0.2) is 0 Å². The van der Waals surface area contributed by atoms with Gasteiger partial charge in [-0.15, -0.1) is 0 Å². The Morgan fingerprint density at radius 1 is 1.65 bits per heavy atom. The first-order chi connectivity index (χ1) is 8.09. The Morgan fingerprint density at radius 2 is 2.41 bits per heavy atom. The van der Waals surface area contributed by atoms with Gasteiger partial charge in [-0.1, -0.05) is 0 Å². The third kappa shape index (κ3) is 2.52. The largest absolute Gasteiger partial charge is 0.481 e. The lowest BCUT2D eigenvalue weighted by molar-refractivity contribution is -0.144. The number of carboxylic acids is 1. The Kier molecular flexibility index (Phi) is 3.52. The molecule has 0 aliphatic carbocycles. The molecule has 2 heterocycles. The van der Waals surface area contributed by atoms with Gasteiger partial charge >= 0.3 is 5.97 Å². The summed E-state index contributed by atoms with van der Waals surface area (Å²) < 4.78 is 5.10. The fourth-order valence-electron chi connectivity index (χ4n) is 2.69. The number of hydrogen-bond donors (Lipinski definition) is 1. The van der Waals surface area contributed by atoms with E-state index in [1.165, 1.54) is 0 Å². The van der Waals surface area contributed by atoms with E-state index in [2.05, 4.69) is 18.7 Å². The molecule has 1 aromatic rings. The summed E-state index contributed by atoms with van der Waals surface area (Å²) in [6.07, 6.45) is 4.92. The second kappa shape index (κ2) is 4.92. The van der Waals surface area contributed by atoms with Crippen molar-refractivity contribution in [3.63, 3.8) is 0 Å². The predicted molar refractivity (Wildman–Crippen MR) is 63.7 cm³/mol. The topological polar surface area (TPSA) is 53.7 Å². The van der Waals surface area contributed by atoms with E-state index < -0.39 is 5.97 Å². The number of aliphatic carboxylic acids is 1. The minimum atomic E-state index is -0.660. The lowest BCUT2D eigenvalue weighted by Gasteiger charge is -2.39. The van der Waals surface area contributed by atoms with Gasteiger partial charge in [-0.2, -0.15) is 0 Å². The third-order valence-corrected chi connectivity index (χ3v) is 3.80. The third-order valence-electron chi connectivity index (χ3n) is 3.80. The zero-order valence-electron chi connectivity index (χ0n) is 10.3. The molecule has 0 bridgehead atoms. The van der Waals surface area contributed by atoms with Crippen molar-refractivity contribution in [2.45, 2.75) is 38.8 Å². The zero-order chi connectivity index (χ0) is 12.4. The molecule has 94 valence electrons. The van der Waals surface area contributed by atoms with Crippen LogP contribution in [-0.4, -0.2) is 28.6 Å². The van der Waals surface area contributed by atoms with Crippen LogP contribution in [0.25, 0.3) is 0 Å². The highest BCUT2D eigenvalue weighted by atomic mass is 16.4. The Hall–Kier alpha value is -1.29. The zero-order valence-corrected chi connectivity index (χ0v) is 10.3. The van der Waals surface area contributed by atoms with Gasteiger partial charge in [0.2, 0.25) is 0 Å². The predicted octanol–water partition coefficient (Wildman–Crippen LogP) is 2.53. The fourth-order valence-corrected chi connectivity index (χ4v) is 2.69. The van der Waals surface area contributed by atoms with Crippen LogP contribution in [0.2, 0.25) is 0 Å². The van der Waals surface area contributed by atoms with E-state index in [0.29, 0.717) is 12.1 Å². The SMILES string of the molecule is CC1CC(C(=O)O)CCN1C(C)c1ccoc1. The Bertz CT molecular complexity index is 374. The maximum Gasteiger partial charge on any atom is 0.306 e. The Labute approximate surface area is 101 Å². The fraction of sp³-hybridized carbons (Fsp3) is 0.615. The molecule has 0 radical (unpaired) electrons. The van der Waals surface area contributed by atoms with Gasteiger partial charge in [-0.3, -0.25) is 9.69 Å². The molecule has 1 N–H and O–H groups in total. The number of hydrogen-bond acceptors (Lipinski definition) is 3. The van der Waals surface area contributed by atoms with Crippen LogP contribution in [0, 0.1) is 5.92 Å². The van der Waals surface area contributed by atoms with Crippen LogP contribution in [0.4, 0.5) is 0 Å². The molecular weight excluding hydrogens is 218 g/mol. The summed E-state index contributed by atoms with van der Waals surface area (Å²) in [4.78, 5) is 13.3. The van der Waals surface area contributed by atoms with E-state index in [9.17, 15) is 4.79 Å². The molecule has 0 aromatic carbocycles. The monoisotopic (exact) mass is 237 g/mol. The van der Waals surface area contributed by atoms with Crippen molar-refractivity contribution in [2.24, 2.45) is 5.92 Å².